The number of carbonyl (C=O) groups excluding carboxylic acids is 6. The van der Waals surface area contributed by atoms with Crippen molar-refractivity contribution >= 4 is 41.4 Å². The topological polar surface area (TPSA) is 306 Å². The number of rotatable bonds is 18. The Morgan fingerprint density at radius 2 is 1.11 bits per heavy atom. The fraction of sp³-hybridized carbons (Fsp3) is 0.632. The van der Waals surface area contributed by atoms with Gasteiger partial charge in [-0.2, -0.15) is 0 Å². The summed E-state index contributed by atoms with van der Waals surface area (Å²) in [5, 5.41) is 15.7. The Morgan fingerprint density at radius 1 is 0.657 bits per heavy atom. The molecular weight excluding hydrogens is 468 g/mol. The number of hydrogen-bond donors (Lipinski definition) is 9. The number of nitrogens with one attached hydrogen (secondary N) is 3. The fourth-order valence-corrected chi connectivity index (χ4v) is 2.83. The Hall–Kier alpha value is -3.79. The minimum Gasteiger partial charge on any atom is -0.480 e. The average Bonchev–Trinajstić information content (AvgIpc) is 2.74. The lowest BCUT2D eigenvalue weighted by molar-refractivity contribution is -0.143. The Balaban J connectivity index is 5.47. The van der Waals surface area contributed by atoms with Crippen LogP contribution in [0, 0.1) is 0 Å². The predicted octanol–water partition coefficient (Wildman–Crippen LogP) is -5.00. The molecule has 0 fully saturated rings. The molecule has 6 amide bonds. The van der Waals surface area contributed by atoms with Crippen molar-refractivity contribution in [3.8, 4) is 0 Å². The second-order valence-electron chi connectivity index (χ2n) is 7.76. The summed E-state index contributed by atoms with van der Waals surface area (Å²) in [7, 11) is 0. The molecule has 35 heavy (non-hydrogen) atoms. The SMILES string of the molecule is NCCCCC(N)C(=O)NC(CC(N)=O)C(=O)NC(CC(N)=O)C(=O)NC(CCC(N)=O)C(=O)O. The Bertz CT molecular complexity index is 806. The summed E-state index contributed by atoms with van der Waals surface area (Å²) in [6.07, 6.45) is -0.698. The lowest BCUT2D eigenvalue weighted by Crippen LogP contribution is -2.58. The molecule has 0 rings (SSSR count). The Labute approximate surface area is 201 Å². The van der Waals surface area contributed by atoms with Gasteiger partial charge in [0.2, 0.25) is 35.4 Å². The lowest BCUT2D eigenvalue weighted by Gasteiger charge is -2.24. The van der Waals surface area contributed by atoms with Crippen LogP contribution in [-0.2, 0) is 33.6 Å². The number of hydrogen-bond acceptors (Lipinski definition) is 9. The molecule has 0 aliphatic rings. The second kappa shape index (κ2) is 15.9. The fourth-order valence-electron chi connectivity index (χ4n) is 2.83. The molecule has 14 N–H and O–H groups in total. The number of carboxylic acids is 1. The van der Waals surface area contributed by atoms with E-state index < -0.39 is 78.4 Å². The first-order valence-corrected chi connectivity index (χ1v) is 10.7. The smallest absolute Gasteiger partial charge is 0.326 e. The van der Waals surface area contributed by atoms with E-state index in [9.17, 15) is 38.7 Å². The van der Waals surface area contributed by atoms with Crippen LogP contribution in [0.4, 0.5) is 0 Å². The van der Waals surface area contributed by atoms with Crippen LogP contribution >= 0.6 is 0 Å². The first-order chi connectivity index (χ1) is 16.3. The molecule has 0 aromatic heterocycles. The highest BCUT2D eigenvalue weighted by atomic mass is 16.4. The standard InChI is InChI=1S/C19H34N8O8/c20-6-2-1-3-9(21)16(31)26-11(7-14(23)29)18(33)27-12(8-15(24)30)17(32)25-10(19(34)35)4-5-13(22)28/h9-12H,1-8,20-21H2,(H2,22,28)(H2,23,29)(H2,24,30)(H,25,32)(H,26,31)(H,27,33)(H,34,35). The van der Waals surface area contributed by atoms with Gasteiger partial charge in [-0.05, 0) is 25.8 Å². The van der Waals surface area contributed by atoms with E-state index in [1.807, 2.05) is 0 Å². The van der Waals surface area contributed by atoms with E-state index >= 15 is 0 Å². The average molecular weight is 503 g/mol. The van der Waals surface area contributed by atoms with Crippen molar-refractivity contribution in [1.82, 2.24) is 16.0 Å². The van der Waals surface area contributed by atoms with Gasteiger partial charge in [-0.3, -0.25) is 28.8 Å². The van der Waals surface area contributed by atoms with Gasteiger partial charge in [0.05, 0.1) is 18.9 Å². The van der Waals surface area contributed by atoms with Gasteiger partial charge in [0.1, 0.15) is 18.1 Å². The van der Waals surface area contributed by atoms with E-state index in [0.717, 1.165) is 0 Å². The number of primary amides is 3. The first kappa shape index (κ1) is 31.2. The number of amides is 6. The molecule has 0 saturated heterocycles. The summed E-state index contributed by atoms with van der Waals surface area (Å²) < 4.78 is 0. The summed E-state index contributed by atoms with van der Waals surface area (Å²) >= 11 is 0. The molecule has 0 aliphatic heterocycles. The molecule has 0 saturated carbocycles. The first-order valence-electron chi connectivity index (χ1n) is 10.7. The number of nitrogens with two attached hydrogens (primary N) is 5. The van der Waals surface area contributed by atoms with Crippen LogP contribution in [-0.4, -0.2) is 77.2 Å². The van der Waals surface area contributed by atoms with Gasteiger partial charge in [-0.1, -0.05) is 6.42 Å². The minimum atomic E-state index is -1.67. The van der Waals surface area contributed by atoms with Crippen LogP contribution in [0.1, 0.15) is 44.9 Å². The zero-order valence-corrected chi connectivity index (χ0v) is 19.2. The summed E-state index contributed by atoms with van der Waals surface area (Å²) in [6, 6.07) is -5.79. The third kappa shape index (κ3) is 13.5. The molecule has 0 aromatic rings. The number of aliphatic carboxylic acids is 1. The highest BCUT2D eigenvalue weighted by molar-refractivity contribution is 5.97. The molecule has 198 valence electrons. The van der Waals surface area contributed by atoms with Crippen LogP contribution in [0.2, 0.25) is 0 Å². The lowest BCUT2D eigenvalue weighted by atomic mass is 10.1. The molecule has 16 heteroatoms. The molecule has 0 radical (unpaired) electrons. The van der Waals surface area contributed by atoms with Crippen LogP contribution in [0.25, 0.3) is 0 Å². The van der Waals surface area contributed by atoms with Crippen molar-refractivity contribution in [2.75, 3.05) is 6.54 Å². The third-order valence-electron chi connectivity index (χ3n) is 4.68. The molecule has 4 unspecified atom stereocenters. The molecular formula is C19H34N8O8. The Kier molecular flexibility index (Phi) is 14.2. The van der Waals surface area contributed by atoms with Crippen molar-refractivity contribution < 1.29 is 38.7 Å². The van der Waals surface area contributed by atoms with Gasteiger partial charge in [0, 0.05) is 6.42 Å². The van der Waals surface area contributed by atoms with Gasteiger partial charge in [0.15, 0.2) is 0 Å². The summed E-state index contributed by atoms with van der Waals surface area (Å²) in [6.45, 7) is 0.398. The molecule has 0 bridgehead atoms. The number of carboxylic acid groups (broad SMARTS) is 1. The van der Waals surface area contributed by atoms with Crippen LogP contribution in [0.15, 0.2) is 0 Å². The highest BCUT2D eigenvalue weighted by Gasteiger charge is 2.32. The van der Waals surface area contributed by atoms with Gasteiger partial charge in [-0.15, -0.1) is 0 Å². The largest absolute Gasteiger partial charge is 0.480 e. The summed E-state index contributed by atoms with van der Waals surface area (Å²) in [5.74, 6) is -7.24. The normalized spacial score (nSPS) is 14.0. The maximum atomic E-state index is 12.7. The monoisotopic (exact) mass is 502 g/mol. The van der Waals surface area contributed by atoms with Crippen molar-refractivity contribution in [2.45, 2.75) is 69.1 Å². The van der Waals surface area contributed by atoms with Crippen LogP contribution in [0.3, 0.4) is 0 Å². The van der Waals surface area contributed by atoms with Crippen molar-refractivity contribution in [1.29, 1.82) is 0 Å². The maximum Gasteiger partial charge on any atom is 0.326 e. The molecule has 0 spiro atoms. The minimum absolute atomic E-state index is 0.253. The van der Waals surface area contributed by atoms with Gasteiger partial charge in [-0.25, -0.2) is 4.79 Å². The van der Waals surface area contributed by atoms with Crippen molar-refractivity contribution in [2.24, 2.45) is 28.7 Å². The van der Waals surface area contributed by atoms with E-state index in [2.05, 4.69) is 16.0 Å². The van der Waals surface area contributed by atoms with Crippen molar-refractivity contribution in [3.05, 3.63) is 0 Å². The zero-order valence-electron chi connectivity index (χ0n) is 19.2. The molecule has 0 aliphatic carbocycles. The second-order valence-corrected chi connectivity index (χ2v) is 7.76. The quantitative estimate of drug-likeness (QED) is 0.0803. The Morgan fingerprint density at radius 3 is 1.51 bits per heavy atom. The summed E-state index contributed by atoms with van der Waals surface area (Å²) in [5.41, 5.74) is 26.4. The van der Waals surface area contributed by atoms with Gasteiger partial charge in [0.25, 0.3) is 0 Å². The van der Waals surface area contributed by atoms with E-state index in [-0.39, 0.29) is 19.3 Å². The van der Waals surface area contributed by atoms with Crippen LogP contribution in [0.5, 0.6) is 0 Å². The van der Waals surface area contributed by atoms with E-state index in [1.54, 1.807) is 0 Å². The van der Waals surface area contributed by atoms with E-state index in [1.165, 1.54) is 0 Å². The number of unbranched alkanes of at least 4 members (excludes halogenated alkanes) is 1. The van der Waals surface area contributed by atoms with Gasteiger partial charge >= 0.3 is 5.97 Å². The highest BCUT2D eigenvalue weighted by Crippen LogP contribution is 2.04. The summed E-state index contributed by atoms with van der Waals surface area (Å²) in [4.78, 5) is 82.7. The zero-order chi connectivity index (χ0) is 27.1. The third-order valence-corrected chi connectivity index (χ3v) is 4.68. The molecule has 0 aromatic carbocycles. The predicted molar refractivity (Wildman–Crippen MR) is 120 cm³/mol. The van der Waals surface area contributed by atoms with E-state index in [0.29, 0.717) is 19.4 Å². The maximum absolute atomic E-state index is 12.7. The van der Waals surface area contributed by atoms with Crippen LogP contribution < -0.4 is 44.6 Å². The number of carbonyl (C=O) groups is 7. The van der Waals surface area contributed by atoms with E-state index in [4.69, 9.17) is 28.7 Å². The van der Waals surface area contributed by atoms with Crippen molar-refractivity contribution in [3.63, 3.8) is 0 Å². The molecule has 0 heterocycles. The van der Waals surface area contributed by atoms with Gasteiger partial charge < -0.3 is 49.7 Å². The molecule has 16 nitrogen and oxygen atoms in total. The molecule has 4 atom stereocenters.